The molecule has 0 spiro atoms. The fourth-order valence-electron chi connectivity index (χ4n) is 5.00. The quantitative estimate of drug-likeness (QED) is 0.421. The van der Waals surface area contributed by atoms with Crippen molar-refractivity contribution in [2.45, 2.75) is 52.5 Å². The predicted molar refractivity (Wildman–Crippen MR) is 132 cm³/mol. The lowest BCUT2D eigenvalue weighted by molar-refractivity contribution is 0.0955. The van der Waals surface area contributed by atoms with Gasteiger partial charge in [0.25, 0.3) is 5.91 Å². The number of aryl methyl sites for hydroxylation is 1. The van der Waals surface area contributed by atoms with Crippen molar-refractivity contribution in [2.24, 2.45) is 5.10 Å². The summed E-state index contributed by atoms with van der Waals surface area (Å²) in [7, 11) is 0. The molecule has 1 N–H and O–H groups in total. The molecule has 1 amide bonds. The maximum Gasteiger partial charge on any atom is 0.273 e. The average Bonchev–Trinajstić information content (AvgIpc) is 3.29. The number of carbonyl (C=O) groups excluding carboxylic acids is 1. The van der Waals surface area contributed by atoms with Crippen LogP contribution in [0.4, 0.5) is 5.69 Å². The minimum Gasteiger partial charge on any atom is -0.366 e. The maximum atomic E-state index is 12.8. The molecule has 5 heteroatoms. The molecule has 0 aliphatic carbocycles. The van der Waals surface area contributed by atoms with Crippen LogP contribution in [0.2, 0.25) is 0 Å². The van der Waals surface area contributed by atoms with Crippen molar-refractivity contribution >= 4 is 17.8 Å². The van der Waals surface area contributed by atoms with E-state index in [1.807, 2.05) is 53.4 Å². The first kappa shape index (κ1) is 21.9. The number of amides is 1. The van der Waals surface area contributed by atoms with E-state index in [1.54, 1.807) is 6.21 Å². The Hall–Kier alpha value is -3.34. The zero-order valence-corrected chi connectivity index (χ0v) is 19.6. The van der Waals surface area contributed by atoms with Gasteiger partial charge in [0.05, 0.1) is 17.5 Å². The smallest absolute Gasteiger partial charge is 0.273 e. The van der Waals surface area contributed by atoms with Gasteiger partial charge in [-0.2, -0.15) is 5.10 Å². The van der Waals surface area contributed by atoms with E-state index in [1.165, 1.54) is 11.3 Å². The van der Waals surface area contributed by atoms with Crippen molar-refractivity contribution in [2.75, 3.05) is 11.4 Å². The number of rotatable bonds is 5. The molecule has 0 unspecified atom stereocenters. The van der Waals surface area contributed by atoms with E-state index in [9.17, 15) is 4.79 Å². The van der Waals surface area contributed by atoms with Gasteiger partial charge in [0.2, 0.25) is 0 Å². The van der Waals surface area contributed by atoms with Crippen LogP contribution in [-0.4, -0.2) is 28.8 Å². The van der Waals surface area contributed by atoms with Crippen LogP contribution in [0, 0.1) is 6.92 Å². The first-order valence-electron chi connectivity index (χ1n) is 11.3. The molecule has 1 aliphatic rings. The highest BCUT2D eigenvalue weighted by Crippen LogP contribution is 2.43. The lowest BCUT2D eigenvalue weighted by Gasteiger charge is -2.47. The molecule has 0 bridgehead atoms. The van der Waals surface area contributed by atoms with Gasteiger partial charge in [0.15, 0.2) is 0 Å². The Balaban J connectivity index is 1.57. The molecule has 4 rings (SSSR count). The summed E-state index contributed by atoms with van der Waals surface area (Å²) in [5, 5.41) is 4.30. The molecule has 1 aliphatic heterocycles. The molecule has 2 aromatic carbocycles. The van der Waals surface area contributed by atoms with Gasteiger partial charge in [-0.15, -0.1) is 0 Å². The highest BCUT2D eigenvalue weighted by atomic mass is 16.2. The molecule has 32 heavy (non-hydrogen) atoms. The Labute approximate surface area is 190 Å². The fourth-order valence-corrected chi connectivity index (χ4v) is 5.00. The molecule has 166 valence electrons. The largest absolute Gasteiger partial charge is 0.366 e. The molecule has 0 saturated heterocycles. The molecular formula is C27H32N4O. The zero-order chi connectivity index (χ0) is 22.9. The number of anilines is 1. The molecular weight excluding hydrogens is 396 g/mol. The van der Waals surface area contributed by atoms with Gasteiger partial charge in [-0.25, -0.2) is 5.43 Å². The summed E-state index contributed by atoms with van der Waals surface area (Å²) in [6, 6.07) is 15.9. The lowest BCUT2D eigenvalue weighted by atomic mass is 9.79. The Kier molecular flexibility index (Phi) is 5.92. The highest BCUT2D eigenvalue weighted by molar-refractivity contribution is 5.98. The third-order valence-electron chi connectivity index (χ3n) is 6.49. The number of aromatic nitrogens is 1. The van der Waals surface area contributed by atoms with Gasteiger partial charge in [-0.3, -0.25) is 4.79 Å². The van der Waals surface area contributed by atoms with Crippen LogP contribution in [0.3, 0.4) is 0 Å². The Morgan fingerprint density at radius 3 is 2.59 bits per heavy atom. The van der Waals surface area contributed by atoms with Crippen molar-refractivity contribution in [1.82, 2.24) is 9.99 Å². The van der Waals surface area contributed by atoms with Crippen LogP contribution in [0.5, 0.6) is 0 Å². The highest BCUT2D eigenvalue weighted by Gasteiger charge is 2.35. The van der Waals surface area contributed by atoms with Crippen LogP contribution in [0.25, 0.3) is 5.69 Å². The first-order valence-corrected chi connectivity index (χ1v) is 11.3. The topological polar surface area (TPSA) is 49.6 Å². The van der Waals surface area contributed by atoms with Crippen LogP contribution < -0.4 is 10.3 Å². The average molecular weight is 429 g/mol. The van der Waals surface area contributed by atoms with Gasteiger partial charge in [0.1, 0.15) is 0 Å². The summed E-state index contributed by atoms with van der Waals surface area (Å²) in [6.45, 7) is 12.2. The minimum absolute atomic E-state index is 0.143. The SMILES string of the molecule is CCN1c2cc(C)c(/C=N\NC(=O)c3ccccc3-n3cccc3)cc2[C@@H](C)CC1(C)C. The normalized spacial score (nSPS) is 17.4. The molecule has 1 aromatic heterocycles. The van der Waals surface area contributed by atoms with Crippen LogP contribution in [-0.2, 0) is 0 Å². The molecule has 0 fully saturated rings. The van der Waals surface area contributed by atoms with E-state index in [0.717, 1.165) is 29.8 Å². The van der Waals surface area contributed by atoms with E-state index in [2.05, 4.69) is 62.2 Å². The fraction of sp³-hybridized carbons (Fsp3) is 0.333. The number of fused-ring (bicyclic) bond motifs is 1. The number of hydrogen-bond acceptors (Lipinski definition) is 3. The van der Waals surface area contributed by atoms with E-state index in [-0.39, 0.29) is 11.4 Å². The third kappa shape index (κ3) is 4.07. The molecule has 1 atom stereocenters. The van der Waals surface area contributed by atoms with E-state index in [0.29, 0.717) is 11.5 Å². The molecule has 3 aromatic rings. The summed E-state index contributed by atoms with van der Waals surface area (Å²) in [4.78, 5) is 15.3. The number of benzene rings is 2. The minimum atomic E-state index is -0.228. The second-order valence-corrected chi connectivity index (χ2v) is 9.24. The van der Waals surface area contributed by atoms with E-state index >= 15 is 0 Å². The van der Waals surface area contributed by atoms with E-state index < -0.39 is 0 Å². The van der Waals surface area contributed by atoms with Gasteiger partial charge < -0.3 is 9.47 Å². The van der Waals surface area contributed by atoms with Gasteiger partial charge in [-0.05, 0) is 93.1 Å². The van der Waals surface area contributed by atoms with Gasteiger partial charge in [0, 0.05) is 30.2 Å². The number of para-hydroxylation sites is 1. The van der Waals surface area contributed by atoms with Gasteiger partial charge >= 0.3 is 0 Å². The first-order chi connectivity index (χ1) is 15.3. The monoisotopic (exact) mass is 428 g/mol. The van der Waals surface area contributed by atoms with Crippen molar-refractivity contribution in [3.05, 3.63) is 83.2 Å². The predicted octanol–water partition coefficient (Wildman–Crippen LogP) is 5.66. The molecule has 2 heterocycles. The summed E-state index contributed by atoms with van der Waals surface area (Å²) in [5.74, 6) is 0.243. The second-order valence-electron chi connectivity index (χ2n) is 9.24. The standard InChI is InChI=1S/C27H32N4O/c1-6-31-25-15-19(2)21(16-23(25)20(3)17-27(31,4)5)18-28-29-26(32)22-11-7-8-12-24(22)30-13-9-10-14-30/h7-16,18,20H,6,17H2,1-5H3,(H,29,32)/b28-18-/t20-/m0/s1. The van der Waals surface area contributed by atoms with Crippen molar-refractivity contribution in [3.63, 3.8) is 0 Å². The second kappa shape index (κ2) is 8.65. The van der Waals surface area contributed by atoms with Crippen molar-refractivity contribution < 1.29 is 4.79 Å². The lowest BCUT2D eigenvalue weighted by Crippen LogP contribution is -2.48. The van der Waals surface area contributed by atoms with Crippen molar-refractivity contribution in [3.8, 4) is 5.69 Å². The third-order valence-corrected chi connectivity index (χ3v) is 6.49. The van der Waals surface area contributed by atoms with Gasteiger partial charge in [-0.1, -0.05) is 19.1 Å². The number of carbonyl (C=O) groups is 1. The summed E-state index contributed by atoms with van der Waals surface area (Å²) < 4.78 is 1.93. The number of hydrazone groups is 1. The van der Waals surface area contributed by atoms with Crippen LogP contribution in [0.1, 0.15) is 67.1 Å². The molecule has 0 radical (unpaired) electrons. The summed E-state index contributed by atoms with van der Waals surface area (Å²) in [5.41, 5.74) is 9.11. The van der Waals surface area contributed by atoms with Crippen molar-refractivity contribution in [1.29, 1.82) is 0 Å². The summed E-state index contributed by atoms with van der Waals surface area (Å²) >= 11 is 0. The molecule has 0 saturated carbocycles. The van der Waals surface area contributed by atoms with Crippen LogP contribution >= 0.6 is 0 Å². The number of hydrogen-bond donors (Lipinski definition) is 1. The van der Waals surface area contributed by atoms with E-state index in [4.69, 9.17) is 0 Å². The zero-order valence-electron chi connectivity index (χ0n) is 19.6. The number of nitrogens with zero attached hydrogens (tertiary/aromatic N) is 3. The Bertz CT molecular complexity index is 1140. The maximum absolute atomic E-state index is 12.8. The summed E-state index contributed by atoms with van der Waals surface area (Å²) in [6.07, 6.45) is 6.72. The number of nitrogens with one attached hydrogen (secondary N) is 1. The molecule has 5 nitrogen and oxygen atoms in total. The Morgan fingerprint density at radius 2 is 1.88 bits per heavy atom. The Morgan fingerprint density at radius 1 is 1.16 bits per heavy atom. The van der Waals surface area contributed by atoms with Crippen LogP contribution in [0.15, 0.2) is 66.0 Å².